The molecule has 2 aromatic rings. The van der Waals surface area contributed by atoms with E-state index in [4.69, 9.17) is 0 Å². The van der Waals surface area contributed by atoms with E-state index in [1.54, 1.807) is 24.3 Å². The number of likely N-dealkylation sites (tertiary alicyclic amines) is 2. The SMILES string of the molecule is O=C(CC[C@](O)(c1ccccc1)[C@](O)(CCC(=O)N1CCCCC1)c1ccccc1)N1CCCCC1. The minimum atomic E-state index is -1.75. The van der Waals surface area contributed by atoms with Gasteiger partial charge in [-0.3, -0.25) is 9.59 Å². The highest BCUT2D eigenvalue weighted by molar-refractivity contribution is 5.77. The van der Waals surface area contributed by atoms with Crippen molar-refractivity contribution in [2.75, 3.05) is 26.2 Å². The van der Waals surface area contributed by atoms with Crippen LogP contribution in [0.15, 0.2) is 60.7 Å². The summed E-state index contributed by atoms with van der Waals surface area (Å²) in [5.74, 6) is 0.00715. The first-order valence-electron chi connectivity index (χ1n) is 13.6. The molecule has 4 rings (SSSR count). The molecule has 2 atom stereocenters. The highest BCUT2D eigenvalue weighted by Crippen LogP contribution is 2.47. The van der Waals surface area contributed by atoms with E-state index in [0.29, 0.717) is 11.1 Å². The van der Waals surface area contributed by atoms with Gasteiger partial charge in [0, 0.05) is 39.0 Å². The number of hydrogen-bond acceptors (Lipinski definition) is 4. The molecule has 2 aliphatic rings. The topological polar surface area (TPSA) is 81.1 Å². The van der Waals surface area contributed by atoms with E-state index in [1.165, 1.54) is 0 Å². The third-order valence-electron chi connectivity index (χ3n) is 8.01. The van der Waals surface area contributed by atoms with Crippen molar-refractivity contribution in [2.24, 2.45) is 0 Å². The third-order valence-corrected chi connectivity index (χ3v) is 8.01. The molecule has 36 heavy (non-hydrogen) atoms. The molecule has 0 radical (unpaired) electrons. The summed E-state index contributed by atoms with van der Waals surface area (Å²) in [5.41, 5.74) is -2.40. The fourth-order valence-electron chi connectivity index (χ4n) is 5.79. The van der Waals surface area contributed by atoms with Gasteiger partial charge in [0.25, 0.3) is 0 Å². The van der Waals surface area contributed by atoms with E-state index >= 15 is 0 Å². The fourth-order valence-corrected chi connectivity index (χ4v) is 5.79. The summed E-state index contributed by atoms with van der Waals surface area (Å²) in [6.45, 7) is 2.98. The molecule has 0 aromatic heterocycles. The summed E-state index contributed by atoms with van der Waals surface area (Å²) in [4.78, 5) is 29.9. The lowest BCUT2D eigenvalue weighted by Gasteiger charge is -2.45. The average molecular weight is 493 g/mol. The van der Waals surface area contributed by atoms with E-state index in [-0.39, 0.29) is 37.5 Å². The maximum atomic E-state index is 13.1. The van der Waals surface area contributed by atoms with Crippen molar-refractivity contribution in [3.63, 3.8) is 0 Å². The molecule has 2 amide bonds. The first-order chi connectivity index (χ1) is 17.4. The van der Waals surface area contributed by atoms with Crippen LogP contribution in [-0.4, -0.2) is 58.0 Å². The molecule has 0 aliphatic carbocycles. The fraction of sp³-hybridized carbons (Fsp3) is 0.533. The van der Waals surface area contributed by atoms with Gasteiger partial charge in [-0.25, -0.2) is 0 Å². The number of benzene rings is 2. The van der Waals surface area contributed by atoms with Crippen LogP contribution in [0.2, 0.25) is 0 Å². The largest absolute Gasteiger partial charge is 0.382 e. The number of amides is 2. The monoisotopic (exact) mass is 492 g/mol. The van der Waals surface area contributed by atoms with Gasteiger partial charge in [-0.2, -0.15) is 0 Å². The van der Waals surface area contributed by atoms with Crippen LogP contribution in [0.4, 0.5) is 0 Å². The molecule has 2 N–H and O–H groups in total. The quantitative estimate of drug-likeness (QED) is 0.545. The Bertz CT molecular complexity index is 905. The number of piperidine rings is 2. The van der Waals surface area contributed by atoms with Gasteiger partial charge in [0.15, 0.2) is 0 Å². The molecule has 6 heteroatoms. The van der Waals surface area contributed by atoms with E-state index in [0.717, 1.165) is 64.7 Å². The minimum Gasteiger partial charge on any atom is -0.382 e. The Kier molecular flexibility index (Phi) is 8.81. The standard InChI is InChI=1S/C30H40N2O4/c33-27(31-21-9-3-10-22-31)17-19-29(35,25-13-5-1-6-14-25)30(36,26-15-7-2-8-16-26)20-18-28(34)32-23-11-4-12-24-32/h1-2,5-8,13-16,35-36H,3-4,9-12,17-24H2/t29-,30-/m0/s1. The van der Waals surface area contributed by atoms with Crippen molar-refractivity contribution in [1.29, 1.82) is 0 Å². The van der Waals surface area contributed by atoms with Gasteiger partial charge in [0.05, 0.1) is 0 Å². The first-order valence-corrected chi connectivity index (χ1v) is 13.6. The zero-order valence-electron chi connectivity index (χ0n) is 21.3. The number of aliphatic hydroxyl groups is 2. The van der Waals surface area contributed by atoms with Crippen molar-refractivity contribution >= 4 is 11.8 Å². The summed E-state index contributed by atoms with van der Waals surface area (Å²) in [6.07, 6.45) is 6.66. The van der Waals surface area contributed by atoms with Crippen LogP contribution in [-0.2, 0) is 20.8 Å². The minimum absolute atomic E-state index is 0.00357. The van der Waals surface area contributed by atoms with Gasteiger partial charge in [-0.15, -0.1) is 0 Å². The van der Waals surface area contributed by atoms with Crippen LogP contribution in [0, 0.1) is 0 Å². The average Bonchev–Trinajstić information content (AvgIpc) is 2.96. The van der Waals surface area contributed by atoms with Crippen LogP contribution in [0.5, 0.6) is 0 Å². The molecule has 2 fully saturated rings. The summed E-state index contributed by atoms with van der Waals surface area (Å²) in [5, 5.41) is 24.8. The second-order valence-electron chi connectivity index (χ2n) is 10.3. The summed E-state index contributed by atoms with van der Waals surface area (Å²) in [7, 11) is 0. The Balaban J connectivity index is 1.64. The lowest BCUT2D eigenvalue weighted by molar-refractivity contribution is -0.179. The number of rotatable bonds is 9. The molecule has 2 aliphatic heterocycles. The number of carbonyl (C=O) groups excluding carboxylic acids is 2. The van der Waals surface area contributed by atoms with E-state index < -0.39 is 11.2 Å². The Labute approximate surface area is 214 Å². The predicted molar refractivity (Wildman–Crippen MR) is 140 cm³/mol. The molecule has 0 unspecified atom stereocenters. The highest BCUT2D eigenvalue weighted by Gasteiger charge is 2.51. The maximum Gasteiger partial charge on any atom is 0.222 e. The smallest absolute Gasteiger partial charge is 0.222 e. The lowest BCUT2D eigenvalue weighted by atomic mass is 9.68. The highest BCUT2D eigenvalue weighted by atomic mass is 16.4. The van der Waals surface area contributed by atoms with Gasteiger partial charge < -0.3 is 20.0 Å². The molecule has 194 valence electrons. The summed E-state index contributed by atoms with van der Waals surface area (Å²) >= 11 is 0. The molecule has 2 saturated heterocycles. The number of carbonyl (C=O) groups is 2. The normalized spacial score (nSPS) is 19.8. The van der Waals surface area contributed by atoms with Crippen LogP contribution < -0.4 is 0 Å². The molecule has 2 heterocycles. The number of hydrogen-bond donors (Lipinski definition) is 2. The zero-order valence-corrected chi connectivity index (χ0v) is 21.3. The second-order valence-corrected chi connectivity index (χ2v) is 10.3. The molecular weight excluding hydrogens is 452 g/mol. The lowest BCUT2D eigenvalue weighted by Crippen LogP contribution is -2.51. The summed E-state index contributed by atoms with van der Waals surface area (Å²) < 4.78 is 0. The molecule has 6 nitrogen and oxygen atoms in total. The van der Waals surface area contributed by atoms with Gasteiger partial charge in [0.2, 0.25) is 11.8 Å². The Morgan fingerprint density at radius 1 is 0.583 bits per heavy atom. The van der Waals surface area contributed by atoms with Crippen LogP contribution in [0.1, 0.15) is 75.3 Å². The zero-order chi connectivity index (χ0) is 25.4. The number of nitrogens with zero attached hydrogens (tertiary/aromatic N) is 2. The Morgan fingerprint density at radius 2 is 0.917 bits per heavy atom. The van der Waals surface area contributed by atoms with Crippen molar-refractivity contribution < 1.29 is 19.8 Å². The van der Waals surface area contributed by atoms with E-state index in [2.05, 4.69) is 0 Å². The molecule has 0 saturated carbocycles. The van der Waals surface area contributed by atoms with Gasteiger partial charge >= 0.3 is 0 Å². The maximum absolute atomic E-state index is 13.1. The van der Waals surface area contributed by atoms with Crippen LogP contribution in [0.3, 0.4) is 0 Å². The second kappa shape index (κ2) is 12.0. The molecular formula is C30H40N2O4. The Morgan fingerprint density at radius 3 is 1.25 bits per heavy atom. The molecule has 2 aromatic carbocycles. The van der Waals surface area contributed by atoms with E-state index in [1.807, 2.05) is 46.2 Å². The van der Waals surface area contributed by atoms with Gasteiger partial charge in [0.1, 0.15) is 11.2 Å². The summed E-state index contributed by atoms with van der Waals surface area (Å²) in [6, 6.07) is 18.2. The van der Waals surface area contributed by atoms with E-state index in [9.17, 15) is 19.8 Å². The van der Waals surface area contributed by atoms with Gasteiger partial charge in [-0.05, 0) is 62.5 Å². The van der Waals surface area contributed by atoms with Crippen molar-refractivity contribution in [3.05, 3.63) is 71.8 Å². The van der Waals surface area contributed by atoms with Crippen LogP contribution >= 0.6 is 0 Å². The van der Waals surface area contributed by atoms with Gasteiger partial charge in [-0.1, -0.05) is 60.7 Å². The van der Waals surface area contributed by atoms with Crippen LogP contribution in [0.25, 0.3) is 0 Å². The third kappa shape index (κ3) is 5.81. The molecule has 0 spiro atoms. The van der Waals surface area contributed by atoms with Crippen molar-refractivity contribution in [3.8, 4) is 0 Å². The van der Waals surface area contributed by atoms with Crippen molar-refractivity contribution in [1.82, 2.24) is 9.80 Å². The predicted octanol–water partition coefficient (Wildman–Crippen LogP) is 4.35. The first kappa shape index (κ1) is 26.4. The molecule has 0 bridgehead atoms. The van der Waals surface area contributed by atoms with Crippen molar-refractivity contribution in [2.45, 2.75) is 75.4 Å². The Hall–Kier alpha value is -2.70.